The molecular formula is C132H93N9. The Kier molecular flexibility index (Phi) is 25.5. The molecule has 9 heteroatoms. The van der Waals surface area contributed by atoms with E-state index in [2.05, 4.69) is 512 Å². The van der Waals surface area contributed by atoms with Gasteiger partial charge >= 0.3 is 0 Å². The number of para-hydroxylation sites is 6. The maximum absolute atomic E-state index is 5.33. The number of benzene rings is 21. The van der Waals surface area contributed by atoms with E-state index in [9.17, 15) is 0 Å². The molecule has 0 atom stereocenters. The van der Waals surface area contributed by atoms with E-state index in [0.717, 1.165) is 180 Å². The lowest BCUT2D eigenvalue weighted by molar-refractivity contribution is 1.27. The van der Waals surface area contributed by atoms with Crippen molar-refractivity contribution < 1.29 is 0 Å². The van der Waals surface area contributed by atoms with Crippen LogP contribution in [0.3, 0.4) is 0 Å². The van der Waals surface area contributed by atoms with Gasteiger partial charge in [0, 0.05) is 84.6 Å². The molecular weight excluding hydrogens is 1710 g/mol. The smallest absolute Gasteiger partial charge is 0.0973 e. The minimum absolute atomic E-state index is 0.856. The van der Waals surface area contributed by atoms with Crippen molar-refractivity contribution in [2.24, 2.45) is 0 Å². The normalized spacial score (nSPS) is 11.0. The standard InChI is InChI=1S/3C44H31N3/c1-5-15-32(16-6-1)39-23-13-14-24-40(39)35-27-30-41-42(31-35)46-44(43(45-41)33-17-7-2-8-18-33)34-25-28-38(29-26-34)47(36-19-9-3-10-20-36)37-21-11-4-12-22-37;1-5-14-32(15-6-1)35-18-13-19-36(30-35)37-26-29-41-42(31-37)46-43(33-16-7-2-8-17-33)44(45-41)34-24-27-40(28-25-34)47(38-20-9-3-10-21-38)39-22-11-4-12-23-39;1-5-14-32(15-6-1)35-18-13-19-36(30-35)37-26-29-41-42(31-37)46-44(43(45-41)33-16-7-2-8-17-33)34-24-27-40(28-25-34)47(38-20-9-3-10-21-38)39-22-11-4-12-23-39/h3*1-31H. The maximum Gasteiger partial charge on any atom is 0.0973 e. The highest BCUT2D eigenvalue weighted by atomic mass is 15.2. The van der Waals surface area contributed by atoms with Crippen LogP contribution in [0, 0.1) is 0 Å². The van der Waals surface area contributed by atoms with Gasteiger partial charge in [0.15, 0.2) is 0 Å². The van der Waals surface area contributed by atoms with Gasteiger partial charge in [-0.05, 0) is 224 Å². The highest BCUT2D eigenvalue weighted by molar-refractivity contribution is 5.96. The number of fused-ring (bicyclic) bond motifs is 3. The zero-order chi connectivity index (χ0) is 94.3. The van der Waals surface area contributed by atoms with Gasteiger partial charge in [0.05, 0.1) is 67.3 Å². The van der Waals surface area contributed by atoms with Crippen molar-refractivity contribution in [1.29, 1.82) is 0 Å². The summed E-state index contributed by atoms with van der Waals surface area (Å²) in [5.74, 6) is 0. The zero-order valence-corrected chi connectivity index (χ0v) is 77.2. The number of hydrogen-bond acceptors (Lipinski definition) is 9. The van der Waals surface area contributed by atoms with Crippen LogP contribution in [0.4, 0.5) is 51.2 Å². The fraction of sp³-hybridized carbons (Fsp3) is 0. The Hall–Kier alpha value is -19.0. The first kappa shape index (κ1) is 87.4. The van der Waals surface area contributed by atoms with Crippen molar-refractivity contribution in [2.45, 2.75) is 0 Å². The fourth-order valence-corrected chi connectivity index (χ4v) is 18.4. The third-order valence-corrected chi connectivity index (χ3v) is 25.3. The van der Waals surface area contributed by atoms with Crippen LogP contribution in [0.25, 0.3) is 167 Å². The molecule has 0 saturated carbocycles. The molecule has 0 N–H and O–H groups in total. The Labute approximate surface area is 821 Å². The minimum Gasteiger partial charge on any atom is -0.311 e. The van der Waals surface area contributed by atoms with E-state index in [4.69, 9.17) is 29.9 Å². The van der Waals surface area contributed by atoms with Gasteiger partial charge in [-0.3, -0.25) is 0 Å². The van der Waals surface area contributed by atoms with Crippen LogP contribution in [0.1, 0.15) is 0 Å². The van der Waals surface area contributed by atoms with Crippen LogP contribution in [-0.4, -0.2) is 29.9 Å². The van der Waals surface area contributed by atoms with E-state index >= 15 is 0 Å². The number of anilines is 9. The van der Waals surface area contributed by atoms with Crippen molar-refractivity contribution in [3.05, 3.63) is 564 Å². The molecule has 24 aromatic rings. The van der Waals surface area contributed by atoms with Gasteiger partial charge in [-0.25, -0.2) is 29.9 Å². The summed E-state index contributed by atoms with van der Waals surface area (Å²) < 4.78 is 0. The molecule has 141 heavy (non-hydrogen) atoms. The predicted molar refractivity (Wildman–Crippen MR) is 588 cm³/mol. The Morgan fingerprint density at radius 3 is 0.525 bits per heavy atom. The van der Waals surface area contributed by atoms with Crippen LogP contribution in [0.15, 0.2) is 564 Å². The number of rotatable bonds is 21. The van der Waals surface area contributed by atoms with Crippen molar-refractivity contribution in [1.82, 2.24) is 29.9 Å². The second-order valence-corrected chi connectivity index (χ2v) is 34.4. The maximum atomic E-state index is 5.33. The van der Waals surface area contributed by atoms with Crippen LogP contribution >= 0.6 is 0 Å². The lowest BCUT2D eigenvalue weighted by atomic mass is 9.94. The summed E-state index contributed by atoms with van der Waals surface area (Å²) in [5.41, 5.74) is 40.3. The molecule has 9 nitrogen and oxygen atoms in total. The molecule has 0 saturated heterocycles. The van der Waals surface area contributed by atoms with Crippen molar-refractivity contribution in [3.8, 4) is 134 Å². The first-order valence-corrected chi connectivity index (χ1v) is 47.5. The van der Waals surface area contributed by atoms with Gasteiger partial charge in [-0.1, -0.05) is 406 Å². The molecule has 24 rings (SSSR count). The first-order valence-electron chi connectivity index (χ1n) is 47.5. The van der Waals surface area contributed by atoms with E-state index in [-0.39, 0.29) is 0 Å². The van der Waals surface area contributed by atoms with Crippen molar-refractivity contribution in [3.63, 3.8) is 0 Å². The van der Waals surface area contributed by atoms with Crippen molar-refractivity contribution >= 4 is 84.3 Å². The molecule has 0 bridgehead atoms. The third-order valence-electron chi connectivity index (χ3n) is 25.3. The number of nitrogens with zero attached hydrogens (tertiary/aromatic N) is 9. The third kappa shape index (κ3) is 19.4. The van der Waals surface area contributed by atoms with Crippen LogP contribution in [0.2, 0.25) is 0 Å². The zero-order valence-electron chi connectivity index (χ0n) is 77.2. The molecule has 0 aliphatic rings. The lowest BCUT2D eigenvalue weighted by Gasteiger charge is -2.25. The Morgan fingerprint density at radius 2 is 0.262 bits per heavy atom. The number of aromatic nitrogens is 6. The van der Waals surface area contributed by atoms with Crippen LogP contribution < -0.4 is 14.7 Å². The summed E-state index contributed by atoms with van der Waals surface area (Å²) in [5, 5.41) is 0. The molecule has 666 valence electrons. The topological polar surface area (TPSA) is 87.1 Å². The Balaban J connectivity index is 0.000000121. The van der Waals surface area contributed by atoms with Gasteiger partial charge in [0.1, 0.15) is 0 Å². The van der Waals surface area contributed by atoms with E-state index in [1.165, 1.54) is 38.9 Å². The van der Waals surface area contributed by atoms with E-state index < -0.39 is 0 Å². The monoisotopic (exact) mass is 1800 g/mol. The molecule has 0 amide bonds. The number of hydrogen-bond donors (Lipinski definition) is 0. The van der Waals surface area contributed by atoms with Crippen LogP contribution in [0.5, 0.6) is 0 Å². The summed E-state index contributed by atoms with van der Waals surface area (Å²) in [7, 11) is 0. The Bertz CT molecular complexity index is 8260. The van der Waals surface area contributed by atoms with Gasteiger partial charge in [0.25, 0.3) is 0 Å². The van der Waals surface area contributed by atoms with Crippen molar-refractivity contribution in [2.75, 3.05) is 14.7 Å². The first-order chi connectivity index (χ1) is 69.9. The molecule has 3 aromatic heterocycles. The SMILES string of the molecule is c1ccc(-c2cccc(-c3ccc4nc(-c5ccc(N(c6ccccc6)c6ccccc6)cc5)c(-c5ccccc5)nc4c3)c2)cc1.c1ccc(-c2cccc(-c3ccc4nc(-c5ccccc5)c(-c5ccc(N(c6ccccc6)c6ccccc6)cc5)nc4c3)c2)cc1.c1ccc(-c2ccccc2-c2ccc3nc(-c4ccccc4)c(-c4ccc(N(c5ccccc5)c5ccccc5)cc4)nc3c2)cc1. The summed E-state index contributed by atoms with van der Waals surface area (Å²) in [6.45, 7) is 0. The highest BCUT2D eigenvalue weighted by Gasteiger charge is 2.23. The predicted octanol–water partition coefficient (Wildman–Crippen LogP) is 35.3. The molecule has 0 spiro atoms. The van der Waals surface area contributed by atoms with Gasteiger partial charge < -0.3 is 14.7 Å². The molecule has 0 aliphatic heterocycles. The molecule has 21 aromatic carbocycles. The molecule has 0 unspecified atom stereocenters. The fourth-order valence-electron chi connectivity index (χ4n) is 18.4. The van der Waals surface area contributed by atoms with Crippen LogP contribution in [-0.2, 0) is 0 Å². The molecule has 0 aliphatic carbocycles. The second-order valence-electron chi connectivity index (χ2n) is 34.4. The average molecular weight is 1810 g/mol. The van der Waals surface area contributed by atoms with E-state index in [0.29, 0.717) is 0 Å². The average Bonchev–Trinajstić information content (AvgIpc) is 0.766. The van der Waals surface area contributed by atoms with E-state index in [1.54, 1.807) is 0 Å². The van der Waals surface area contributed by atoms with Gasteiger partial charge in [0.2, 0.25) is 0 Å². The second kappa shape index (κ2) is 41.1. The summed E-state index contributed by atoms with van der Waals surface area (Å²) in [6.07, 6.45) is 0. The molecule has 0 fully saturated rings. The Morgan fingerprint density at radius 1 is 0.0993 bits per heavy atom. The highest BCUT2D eigenvalue weighted by Crippen LogP contribution is 2.45. The summed E-state index contributed by atoms with van der Waals surface area (Å²) in [4.78, 5) is 38.4. The summed E-state index contributed by atoms with van der Waals surface area (Å²) >= 11 is 0. The minimum atomic E-state index is 0.856. The lowest BCUT2D eigenvalue weighted by Crippen LogP contribution is -2.09. The van der Waals surface area contributed by atoms with Gasteiger partial charge in [-0.15, -0.1) is 0 Å². The quantitative estimate of drug-likeness (QED) is 0.0698. The molecule has 3 heterocycles. The van der Waals surface area contributed by atoms with Gasteiger partial charge in [-0.2, -0.15) is 0 Å². The molecule has 0 radical (unpaired) electrons. The summed E-state index contributed by atoms with van der Waals surface area (Å²) in [6, 6.07) is 196. The largest absolute Gasteiger partial charge is 0.311 e. The van der Waals surface area contributed by atoms with E-state index in [1.807, 2.05) is 66.7 Å².